The minimum atomic E-state index is -0.521. The Balaban J connectivity index is 2.02. The van der Waals surface area contributed by atoms with E-state index in [0.29, 0.717) is 18.2 Å². The fourth-order valence-corrected chi connectivity index (χ4v) is 2.75. The van der Waals surface area contributed by atoms with E-state index >= 15 is 0 Å². The molecular weight excluding hydrogens is 245 g/mol. The van der Waals surface area contributed by atoms with Gasteiger partial charge in [0.15, 0.2) is 5.78 Å². The first-order valence-electron chi connectivity index (χ1n) is 6.81. The number of ketones is 1. The van der Waals surface area contributed by atoms with Crippen LogP contribution in [0.15, 0.2) is 18.2 Å². The molecule has 0 saturated heterocycles. The molecular formula is C15H20FNO2. The molecule has 0 spiro atoms. The molecule has 104 valence electrons. The lowest BCUT2D eigenvalue weighted by molar-refractivity contribution is 0.101. The van der Waals surface area contributed by atoms with E-state index in [1.165, 1.54) is 25.8 Å². The van der Waals surface area contributed by atoms with E-state index < -0.39 is 11.9 Å². The molecule has 2 N–H and O–H groups in total. The first kappa shape index (κ1) is 14.0. The van der Waals surface area contributed by atoms with E-state index in [1.54, 1.807) is 12.1 Å². The number of benzene rings is 1. The molecule has 0 amide bonds. The molecule has 0 aromatic heterocycles. The van der Waals surface area contributed by atoms with Crippen molar-refractivity contribution in [3.05, 3.63) is 29.6 Å². The van der Waals surface area contributed by atoms with Gasteiger partial charge in [0.2, 0.25) is 0 Å². The predicted molar refractivity (Wildman–Crippen MR) is 72.9 cm³/mol. The molecule has 19 heavy (non-hydrogen) atoms. The Bertz CT molecular complexity index is 455. The minimum absolute atomic E-state index is 0.0705. The van der Waals surface area contributed by atoms with Gasteiger partial charge < -0.3 is 10.4 Å². The third-order valence-corrected chi connectivity index (χ3v) is 3.81. The maximum atomic E-state index is 13.6. The van der Waals surface area contributed by atoms with Crippen molar-refractivity contribution in [1.29, 1.82) is 0 Å². The number of aliphatic hydroxyl groups excluding tert-OH is 1. The molecule has 0 bridgehead atoms. The van der Waals surface area contributed by atoms with E-state index in [-0.39, 0.29) is 11.3 Å². The summed E-state index contributed by atoms with van der Waals surface area (Å²) in [7, 11) is 0. The number of halogens is 1. The van der Waals surface area contributed by atoms with Crippen molar-refractivity contribution < 1.29 is 14.3 Å². The maximum absolute atomic E-state index is 13.6. The molecule has 1 aromatic rings. The molecule has 1 saturated carbocycles. The highest BCUT2D eigenvalue weighted by Crippen LogP contribution is 2.28. The Hall–Kier alpha value is -1.42. The van der Waals surface area contributed by atoms with Crippen LogP contribution in [-0.4, -0.2) is 23.5 Å². The first-order chi connectivity index (χ1) is 9.09. The van der Waals surface area contributed by atoms with Crippen molar-refractivity contribution in [2.75, 3.05) is 11.9 Å². The summed E-state index contributed by atoms with van der Waals surface area (Å²) in [6.07, 6.45) is 3.99. The monoisotopic (exact) mass is 265 g/mol. The van der Waals surface area contributed by atoms with Gasteiger partial charge in [-0.2, -0.15) is 0 Å². The quantitative estimate of drug-likeness (QED) is 0.805. The molecule has 0 radical (unpaired) electrons. The largest absolute Gasteiger partial charge is 0.391 e. The van der Waals surface area contributed by atoms with Crippen molar-refractivity contribution in [1.82, 2.24) is 0 Å². The van der Waals surface area contributed by atoms with Crippen molar-refractivity contribution in [2.45, 2.75) is 38.7 Å². The molecule has 1 atom stereocenters. The molecule has 1 aromatic carbocycles. The van der Waals surface area contributed by atoms with Crippen LogP contribution in [0, 0.1) is 11.7 Å². The molecule has 0 heterocycles. The van der Waals surface area contributed by atoms with Gasteiger partial charge in [-0.25, -0.2) is 4.39 Å². The standard InChI is InChI=1S/C15H20FNO2/c1-10(18)15-12(16)7-4-8-13(15)17-9-14(19)11-5-2-3-6-11/h4,7-8,11,14,17,19H,2-3,5-6,9H2,1H3. The van der Waals surface area contributed by atoms with Crippen molar-refractivity contribution in [3.63, 3.8) is 0 Å². The maximum Gasteiger partial charge on any atom is 0.164 e. The third kappa shape index (κ3) is 3.32. The van der Waals surface area contributed by atoms with Gasteiger partial charge in [0.05, 0.1) is 11.7 Å². The van der Waals surface area contributed by atoms with Gasteiger partial charge in [-0.3, -0.25) is 4.79 Å². The van der Waals surface area contributed by atoms with Crippen molar-refractivity contribution in [3.8, 4) is 0 Å². The van der Waals surface area contributed by atoms with Crippen molar-refractivity contribution in [2.24, 2.45) is 5.92 Å². The molecule has 1 aliphatic carbocycles. The van der Waals surface area contributed by atoms with E-state index in [4.69, 9.17) is 0 Å². The predicted octanol–water partition coefficient (Wildman–Crippen LogP) is 2.99. The number of rotatable bonds is 5. The molecule has 1 fully saturated rings. The van der Waals surface area contributed by atoms with Crippen molar-refractivity contribution >= 4 is 11.5 Å². The van der Waals surface area contributed by atoms with Crippen LogP contribution in [0.2, 0.25) is 0 Å². The number of anilines is 1. The Morgan fingerprint density at radius 1 is 1.47 bits per heavy atom. The number of hydrogen-bond acceptors (Lipinski definition) is 3. The lowest BCUT2D eigenvalue weighted by Crippen LogP contribution is -2.27. The van der Waals surface area contributed by atoms with Gasteiger partial charge in [-0.05, 0) is 37.8 Å². The molecule has 2 rings (SSSR count). The van der Waals surface area contributed by atoms with Crippen LogP contribution < -0.4 is 5.32 Å². The number of carbonyl (C=O) groups is 1. The Morgan fingerprint density at radius 2 is 2.16 bits per heavy atom. The van der Waals surface area contributed by atoms with Gasteiger partial charge in [0.1, 0.15) is 5.82 Å². The fourth-order valence-electron chi connectivity index (χ4n) is 2.75. The van der Waals surface area contributed by atoms with E-state index in [9.17, 15) is 14.3 Å². The van der Waals surface area contributed by atoms with Gasteiger partial charge in [0.25, 0.3) is 0 Å². The summed E-state index contributed by atoms with van der Waals surface area (Å²) < 4.78 is 13.6. The van der Waals surface area contributed by atoms with Gasteiger partial charge in [-0.15, -0.1) is 0 Å². The number of aliphatic hydroxyl groups is 1. The molecule has 1 aliphatic rings. The number of carbonyl (C=O) groups excluding carboxylic acids is 1. The van der Waals surface area contributed by atoms with Crippen LogP contribution in [0.25, 0.3) is 0 Å². The summed E-state index contributed by atoms with van der Waals surface area (Å²) in [6, 6.07) is 4.50. The lowest BCUT2D eigenvalue weighted by atomic mass is 10.0. The van der Waals surface area contributed by atoms with Crippen LogP contribution in [0.3, 0.4) is 0 Å². The molecule has 3 nitrogen and oxygen atoms in total. The smallest absolute Gasteiger partial charge is 0.164 e. The highest BCUT2D eigenvalue weighted by Gasteiger charge is 2.23. The van der Waals surface area contributed by atoms with Gasteiger partial charge >= 0.3 is 0 Å². The number of hydrogen-bond donors (Lipinski definition) is 2. The SMILES string of the molecule is CC(=O)c1c(F)cccc1NCC(O)C1CCCC1. The molecule has 1 unspecified atom stereocenters. The van der Waals surface area contributed by atoms with E-state index in [0.717, 1.165) is 12.8 Å². The highest BCUT2D eigenvalue weighted by molar-refractivity contribution is 5.99. The highest BCUT2D eigenvalue weighted by atomic mass is 19.1. The van der Waals surface area contributed by atoms with Gasteiger partial charge in [-0.1, -0.05) is 18.9 Å². The second kappa shape index (κ2) is 6.15. The summed E-state index contributed by atoms with van der Waals surface area (Å²) in [5.41, 5.74) is 0.533. The summed E-state index contributed by atoms with van der Waals surface area (Å²) in [4.78, 5) is 11.4. The molecule has 0 aliphatic heterocycles. The Kier molecular flexibility index (Phi) is 4.53. The van der Waals surface area contributed by atoms with Crippen LogP contribution in [0.5, 0.6) is 0 Å². The summed E-state index contributed by atoms with van der Waals surface area (Å²) in [5, 5.41) is 13.1. The second-order valence-corrected chi connectivity index (χ2v) is 5.21. The summed E-state index contributed by atoms with van der Waals surface area (Å²) in [5.74, 6) is -0.509. The third-order valence-electron chi connectivity index (χ3n) is 3.81. The zero-order valence-corrected chi connectivity index (χ0v) is 11.2. The van der Waals surface area contributed by atoms with E-state index in [2.05, 4.69) is 5.32 Å². The van der Waals surface area contributed by atoms with E-state index in [1.807, 2.05) is 0 Å². The first-order valence-corrected chi connectivity index (χ1v) is 6.81. The zero-order chi connectivity index (χ0) is 13.8. The Morgan fingerprint density at radius 3 is 2.79 bits per heavy atom. The summed E-state index contributed by atoms with van der Waals surface area (Å²) in [6.45, 7) is 1.70. The Labute approximate surface area is 112 Å². The summed E-state index contributed by atoms with van der Waals surface area (Å²) >= 11 is 0. The minimum Gasteiger partial charge on any atom is -0.391 e. The average molecular weight is 265 g/mol. The average Bonchev–Trinajstić information content (AvgIpc) is 2.89. The fraction of sp³-hybridized carbons (Fsp3) is 0.533. The number of Topliss-reactive ketones (excluding diaryl/α,β-unsaturated/α-hetero) is 1. The van der Waals surface area contributed by atoms with Crippen LogP contribution in [-0.2, 0) is 0 Å². The van der Waals surface area contributed by atoms with Gasteiger partial charge in [0, 0.05) is 12.2 Å². The number of nitrogens with one attached hydrogen (secondary N) is 1. The van der Waals surface area contributed by atoms with Crippen LogP contribution >= 0.6 is 0 Å². The topological polar surface area (TPSA) is 49.3 Å². The second-order valence-electron chi connectivity index (χ2n) is 5.21. The van der Waals surface area contributed by atoms with Crippen LogP contribution in [0.4, 0.5) is 10.1 Å². The lowest BCUT2D eigenvalue weighted by Gasteiger charge is -2.19. The molecule has 4 heteroatoms. The normalized spacial score (nSPS) is 17.4. The van der Waals surface area contributed by atoms with Crippen LogP contribution in [0.1, 0.15) is 43.0 Å². The zero-order valence-electron chi connectivity index (χ0n) is 11.2.